The minimum Gasteiger partial charge on any atom is -0.393 e. The number of halogens is 1. The Morgan fingerprint density at radius 3 is 2.80 bits per heavy atom. The van der Waals surface area contributed by atoms with E-state index in [2.05, 4.69) is 31.9 Å². The molecule has 0 bridgehead atoms. The molecule has 15 heavy (non-hydrogen) atoms. The molecule has 0 radical (unpaired) electrons. The normalized spacial score (nSPS) is 19.3. The highest BCUT2D eigenvalue weighted by Gasteiger charge is 2.16. The maximum Gasteiger partial charge on any atom is 0.0564 e. The van der Waals surface area contributed by atoms with Gasteiger partial charge >= 0.3 is 0 Å². The average molecular weight is 271 g/mol. The Bertz CT molecular complexity index is 324. The molecule has 1 fully saturated rings. The summed E-state index contributed by atoms with van der Waals surface area (Å²) < 4.78 is 1.03. The van der Waals surface area contributed by atoms with Crippen molar-refractivity contribution in [3.8, 4) is 0 Å². The fraction of sp³-hybridized carbons (Fsp3) is 0.545. The summed E-state index contributed by atoms with van der Waals surface area (Å²) in [5.41, 5.74) is 1.22. The highest BCUT2D eigenvalue weighted by molar-refractivity contribution is 9.10. The van der Waals surface area contributed by atoms with E-state index in [-0.39, 0.29) is 6.10 Å². The second-order valence-corrected chi connectivity index (χ2v) is 4.93. The smallest absolute Gasteiger partial charge is 0.0564 e. The third kappa shape index (κ3) is 3.26. The van der Waals surface area contributed by atoms with Crippen LogP contribution in [0, 0.1) is 0 Å². The van der Waals surface area contributed by atoms with E-state index in [0.29, 0.717) is 0 Å². The molecule has 1 N–H and O–H groups in total. The molecule has 3 nitrogen and oxygen atoms in total. The third-order valence-corrected chi connectivity index (χ3v) is 3.16. The van der Waals surface area contributed by atoms with E-state index in [1.807, 2.05) is 6.20 Å². The van der Waals surface area contributed by atoms with Crippen molar-refractivity contribution in [1.82, 2.24) is 9.88 Å². The number of aliphatic hydroxyl groups is 1. The number of likely N-dealkylation sites (tertiary alicyclic amines) is 1. The number of aromatic nitrogens is 1. The first-order valence-corrected chi connectivity index (χ1v) is 6.03. The largest absolute Gasteiger partial charge is 0.393 e. The maximum absolute atomic E-state index is 9.39. The summed E-state index contributed by atoms with van der Waals surface area (Å²) in [6, 6.07) is 2.10. The lowest BCUT2D eigenvalue weighted by Crippen LogP contribution is -2.35. The van der Waals surface area contributed by atoms with Gasteiger partial charge in [-0.15, -0.1) is 0 Å². The molecule has 1 aliphatic heterocycles. The number of hydrogen-bond acceptors (Lipinski definition) is 3. The van der Waals surface area contributed by atoms with E-state index in [9.17, 15) is 5.11 Å². The van der Waals surface area contributed by atoms with E-state index in [1.54, 1.807) is 6.20 Å². The van der Waals surface area contributed by atoms with Crippen molar-refractivity contribution in [2.24, 2.45) is 0 Å². The fourth-order valence-corrected chi connectivity index (χ4v) is 2.29. The molecule has 1 aliphatic rings. The first-order chi connectivity index (χ1) is 7.24. The van der Waals surface area contributed by atoms with Gasteiger partial charge in [-0.2, -0.15) is 0 Å². The summed E-state index contributed by atoms with van der Waals surface area (Å²) in [4.78, 5) is 6.50. The van der Waals surface area contributed by atoms with Crippen LogP contribution < -0.4 is 0 Å². The zero-order valence-electron chi connectivity index (χ0n) is 8.56. The van der Waals surface area contributed by atoms with E-state index >= 15 is 0 Å². The molecule has 1 aromatic rings. The average Bonchev–Trinajstić information content (AvgIpc) is 2.22. The molecule has 0 saturated carbocycles. The molecule has 0 aliphatic carbocycles. The standard InChI is InChI=1S/C11H15BrN2O/c12-10-5-9(6-13-7-10)8-14-3-1-11(15)2-4-14/h5-7,11,15H,1-4,8H2. The zero-order chi connectivity index (χ0) is 10.7. The molecule has 0 atom stereocenters. The van der Waals surface area contributed by atoms with E-state index in [4.69, 9.17) is 0 Å². The molecule has 0 unspecified atom stereocenters. The van der Waals surface area contributed by atoms with Crippen LogP contribution in [0.5, 0.6) is 0 Å². The molecule has 4 heteroatoms. The van der Waals surface area contributed by atoms with Crippen molar-refractivity contribution in [3.05, 3.63) is 28.5 Å². The molecule has 0 spiro atoms. The van der Waals surface area contributed by atoms with Gasteiger partial charge in [0.1, 0.15) is 0 Å². The number of piperidine rings is 1. The van der Waals surface area contributed by atoms with Crippen LogP contribution in [0.2, 0.25) is 0 Å². The van der Waals surface area contributed by atoms with Gasteiger partial charge in [0.25, 0.3) is 0 Å². The highest BCUT2D eigenvalue weighted by Crippen LogP contribution is 2.15. The van der Waals surface area contributed by atoms with Crippen molar-refractivity contribution in [1.29, 1.82) is 0 Å². The van der Waals surface area contributed by atoms with Crippen molar-refractivity contribution in [3.63, 3.8) is 0 Å². The molecular weight excluding hydrogens is 256 g/mol. The molecule has 82 valence electrons. The Morgan fingerprint density at radius 2 is 2.13 bits per heavy atom. The summed E-state index contributed by atoms with van der Waals surface area (Å²) in [5, 5.41) is 9.39. The Labute approximate surface area is 98.3 Å². The third-order valence-electron chi connectivity index (χ3n) is 2.72. The molecule has 0 amide bonds. The van der Waals surface area contributed by atoms with Crippen LogP contribution in [-0.4, -0.2) is 34.2 Å². The van der Waals surface area contributed by atoms with Crippen molar-refractivity contribution < 1.29 is 5.11 Å². The van der Waals surface area contributed by atoms with Gasteiger partial charge < -0.3 is 5.11 Å². The molecule has 2 rings (SSSR count). The van der Waals surface area contributed by atoms with Gasteiger partial charge in [-0.25, -0.2) is 0 Å². The van der Waals surface area contributed by atoms with Crippen LogP contribution in [0.1, 0.15) is 18.4 Å². The minimum atomic E-state index is -0.0955. The first-order valence-electron chi connectivity index (χ1n) is 5.24. The second kappa shape index (κ2) is 5.05. The lowest BCUT2D eigenvalue weighted by Gasteiger charge is -2.29. The summed E-state index contributed by atoms with van der Waals surface area (Å²) in [5.74, 6) is 0. The van der Waals surface area contributed by atoms with Gasteiger partial charge in [0, 0.05) is 36.5 Å². The van der Waals surface area contributed by atoms with Gasteiger partial charge in [0.2, 0.25) is 0 Å². The second-order valence-electron chi connectivity index (χ2n) is 4.02. The van der Waals surface area contributed by atoms with Gasteiger partial charge in [-0.3, -0.25) is 9.88 Å². The van der Waals surface area contributed by atoms with E-state index < -0.39 is 0 Å². The topological polar surface area (TPSA) is 36.4 Å². The lowest BCUT2D eigenvalue weighted by molar-refractivity contribution is 0.0792. The molecule has 1 saturated heterocycles. The van der Waals surface area contributed by atoms with Crippen LogP contribution in [0.4, 0.5) is 0 Å². The summed E-state index contributed by atoms with van der Waals surface area (Å²) >= 11 is 3.42. The molecule has 0 aromatic carbocycles. The van der Waals surface area contributed by atoms with Crippen molar-refractivity contribution in [2.45, 2.75) is 25.5 Å². The highest BCUT2D eigenvalue weighted by atomic mass is 79.9. The molecule has 1 aromatic heterocycles. The van der Waals surface area contributed by atoms with Crippen molar-refractivity contribution >= 4 is 15.9 Å². The van der Waals surface area contributed by atoms with Gasteiger partial charge in [-0.05, 0) is 40.4 Å². The van der Waals surface area contributed by atoms with Gasteiger partial charge in [0.15, 0.2) is 0 Å². The Balaban J connectivity index is 1.92. The van der Waals surface area contributed by atoms with E-state index in [0.717, 1.165) is 36.9 Å². The van der Waals surface area contributed by atoms with Gasteiger partial charge in [-0.1, -0.05) is 0 Å². The quantitative estimate of drug-likeness (QED) is 0.891. The van der Waals surface area contributed by atoms with Gasteiger partial charge in [0.05, 0.1) is 6.10 Å². The number of pyridine rings is 1. The molecule has 2 heterocycles. The van der Waals surface area contributed by atoms with E-state index in [1.165, 1.54) is 5.56 Å². The number of nitrogens with zero attached hydrogens (tertiary/aromatic N) is 2. The SMILES string of the molecule is OC1CCN(Cc2cncc(Br)c2)CC1. The minimum absolute atomic E-state index is 0.0955. The summed E-state index contributed by atoms with van der Waals surface area (Å²) in [6.07, 6.45) is 5.38. The maximum atomic E-state index is 9.39. The summed E-state index contributed by atoms with van der Waals surface area (Å²) in [7, 11) is 0. The Morgan fingerprint density at radius 1 is 1.40 bits per heavy atom. The molecular formula is C11H15BrN2O. The van der Waals surface area contributed by atoms with Crippen LogP contribution in [0.25, 0.3) is 0 Å². The Kier molecular flexibility index (Phi) is 3.72. The lowest BCUT2D eigenvalue weighted by atomic mass is 10.1. The predicted molar refractivity (Wildman–Crippen MR) is 62.5 cm³/mol. The van der Waals surface area contributed by atoms with Crippen LogP contribution >= 0.6 is 15.9 Å². The number of rotatable bonds is 2. The van der Waals surface area contributed by atoms with Crippen LogP contribution in [-0.2, 0) is 6.54 Å². The zero-order valence-corrected chi connectivity index (χ0v) is 10.2. The number of aliphatic hydroxyl groups excluding tert-OH is 1. The Hall–Kier alpha value is -0.450. The predicted octanol–water partition coefficient (Wildman–Crippen LogP) is 1.80. The van der Waals surface area contributed by atoms with Crippen molar-refractivity contribution in [2.75, 3.05) is 13.1 Å². The monoisotopic (exact) mass is 270 g/mol. The summed E-state index contributed by atoms with van der Waals surface area (Å²) in [6.45, 7) is 2.89. The first kappa shape index (κ1) is 11.0. The van der Waals surface area contributed by atoms with Crippen LogP contribution in [0.3, 0.4) is 0 Å². The number of hydrogen-bond donors (Lipinski definition) is 1. The fourth-order valence-electron chi connectivity index (χ4n) is 1.88. The van der Waals surface area contributed by atoms with Crippen LogP contribution in [0.15, 0.2) is 22.9 Å².